The second kappa shape index (κ2) is 7.90. The van der Waals surface area contributed by atoms with E-state index in [4.69, 9.17) is 4.74 Å². The highest BCUT2D eigenvalue weighted by Gasteiger charge is 2.17. The summed E-state index contributed by atoms with van der Waals surface area (Å²) in [5.41, 5.74) is 0.872. The fourth-order valence-corrected chi connectivity index (χ4v) is 2.45. The largest absolute Gasteiger partial charge is 0.494 e. The van der Waals surface area contributed by atoms with Crippen molar-refractivity contribution in [2.24, 2.45) is 4.99 Å². The molecule has 7 heteroatoms. The quantitative estimate of drug-likeness (QED) is 0.796. The number of pyridine rings is 1. The molecule has 124 valence electrons. The molecule has 0 spiro atoms. The number of rotatable bonds is 5. The molecule has 0 fully saturated rings. The van der Waals surface area contributed by atoms with Crippen molar-refractivity contribution in [1.29, 1.82) is 5.26 Å². The summed E-state index contributed by atoms with van der Waals surface area (Å²) in [5, 5.41) is 19.7. The lowest BCUT2D eigenvalue weighted by molar-refractivity contribution is 0.182. The van der Waals surface area contributed by atoms with Crippen molar-refractivity contribution >= 4 is 27.8 Å². The van der Waals surface area contributed by atoms with Crippen LogP contribution in [0.5, 0.6) is 5.88 Å². The van der Waals surface area contributed by atoms with Crippen LogP contribution in [0.1, 0.15) is 16.7 Å². The summed E-state index contributed by atoms with van der Waals surface area (Å²) in [6.45, 7) is 2.00. The molecule has 0 atom stereocenters. The van der Waals surface area contributed by atoms with Crippen molar-refractivity contribution in [2.75, 3.05) is 13.7 Å². The molecule has 1 aromatic heterocycles. The summed E-state index contributed by atoms with van der Waals surface area (Å²) < 4.78 is 7.00. The van der Waals surface area contributed by atoms with E-state index >= 15 is 0 Å². The van der Waals surface area contributed by atoms with E-state index in [9.17, 15) is 15.2 Å². The Morgan fingerprint density at radius 3 is 2.67 bits per heavy atom. The van der Waals surface area contributed by atoms with Crippen molar-refractivity contribution in [3.8, 4) is 11.9 Å². The van der Waals surface area contributed by atoms with Gasteiger partial charge in [0, 0.05) is 17.8 Å². The number of aliphatic imine (C=N–C) groups is 1. The maximum atomic E-state index is 12.3. The minimum absolute atomic E-state index is 0.0128. The Hall–Kier alpha value is -2.43. The van der Waals surface area contributed by atoms with Crippen LogP contribution in [-0.4, -0.2) is 29.6 Å². The highest BCUT2D eigenvalue weighted by Crippen LogP contribution is 2.22. The summed E-state index contributed by atoms with van der Waals surface area (Å²) in [5.74, 6) is -0.227. The van der Waals surface area contributed by atoms with Crippen molar-refractivity contribution in [1.82, 2.24) is 4.57 Å². The maximum absolute atomic E-state index is 12.3. The van der Waals surface area contributed by atoms with Gasteiger partial charge in [-0.2, -0.15) is 5.26 Å². The fraction of sp³-hybridized carbons (Fsp3) is 0.235. The average molecular weight is 390 g/mol. The van der Waals surface area contributed by atoms with E-state index < -0.39 is 5.56 Å². The molecule has 0 bridgehead atoms. The van der Waals surface area contributed by atoms with Gasteiger partial charge in [0.15, 0.2) is 0 Å². The monoisotopic (exact) mass is 389 g/mol. The number of ether oxygens (including phenoxy) is 1. The molecule has 0 saturated heterocycles. The van der Waals surface area contributed by atoms with Crippen LogP contribution >= 0.6 is 15.9 Å². The third kappa shape index (κ3) is 3.72. The summed E-state index contributed by atoms with van der Waals surface area (Å²) in [7, 11) is 1.50. The molecule has 1 N–H and O–H groups in total. The Labute approximate surface area is 147 Å². The minimum atomic E-state index is -0.537. The maximum Gasteiger partial charge on any atom is 0.271 e. The van der Waals surface area contributed by atoms with Crippen LogP contribution in [0, 0.1) is 18.3 Å². The van der Waals surface area contributed by atoms with E-state index in [2.05, 4.69) is 20.9 Å². The van der Waals surface area contributed by atoms with Crippen LogP contribution in [-0.2, 0) is 11.3 Å². The summed E-state index contributed by atoms with van der Waals surface area (Å²) in [4.78, 5) is 16.6. The second-order valence-electron chi connectivity index (χ2n) is 5.03. The van der Waals surface area contributed by atoms with Gasteiger partial charge in [-0.25, -0.2) is 0 Å². The first-order valence-electron chi connectivity index (χ1n) is 7.14. The number of halogens is 1. The zero-order chi connectivity index (χ0) is 17.7. The predicted molar refractivity (Wildman–Crippen MR) is 95.1 cm³/mol. The van der Waals surface area contributed by atoms with Crippen LogP contribution in [0.2, 0.25) is 0 Å². The van der Waals surface area contributed by atoms with Gasteiger partial charge in [-0.3, -0.25) is 14.4 Å². The molecular weight excluding hydrogens is 374 g/mol. The number of benzene rings is 1. The number of hydrogen-bond acceptors (Lipinski definition) is 5. The molecule has 1 heterocycles. The standard InChI is InChI=1S/C17H16BrN3O3/c1-11-14(9-19)16(22)21(7-8-24-2)17(23)15(11)10-20-13-5-3-12(18)4-6-13/h3-6,10,23H,7-8H2,1-2H3. The Balaban J connectivity index is 2.54. The number of nitriles is 1. The minimum Gasteiger partial charge on any atom is -0.494 e. The first kappa shape index (κ1) is 17.9. The normalized spacial score (nSPS) is 10.9. The van der Waals surface area contributed by atoms with Crippen molar-refractivity contribution in [3.05, 3.63) is 55.8 Å². The number of methoxy groups -OCH3 is 1. The lowest BCUT2D eigenvalue weighted by Gasteiger charge is -2.13. The van der Waals surface area contributed by atoms with E-state index in [-0.39, 0.29) is 24.6 Å². The molecule has 6 nitrogen and oxygen atoms in total. The molecule has 0 saturated carbocycles. The van der Waals surface area contributed by atoms with Gasteiger partial charge in [-0.1, -0.05) is 15.9 Å². The third-order valence-corrected chi connectivity index (χ3v) is 4.06. The zero-order valence-electron chi connectivity index (χ0n) is 13.3. The van der Waals surface area contributed by atoms with Crippen molar-refractivity contribution in [2.45, 2.75) is 13.5 Å². The molecule has 0 aliphatic carbocycles. The number of hydrogen-bond donors (Lipinski definition) is 1. The first-order valence-corrected chi connectivity index (χ1v) is 7.94. The highest BCUT2D eigenvalue weighted by atomic mass is 79.9. The van der Waals surface area contributed by atoms with E-state index in [1.54, 1.807) is 19.1 Å². The molecule has 1 aromatic carbocycles. The summed E-state index contributed by atoms with van der Waals surface area (Å²) >= 11 is 3.35. The topological polar surface area (TPSA) is 87.6 Å². The molecular formula is C17H16BrN3O3. The van der Waals surface area contributed by atoms with Crippen LogP contribution in [0.15, 0.2) is 38.5 Å². The highest BCUT2D eigenvalue weighted by molar-refractivity contribution is 9.10. The second-order valence-corrected chi connectivity index (χ2v) is 5.95. The lowest BCUT2D eigenvalue weighted by atomic mass is 10.1. The smallest absolute Gasteiger partial charge is 0.271 e. The number of aromatic hydroxyl groups is 1. The lowest BCUT2D eigenvalue weighted by Crippen LogP contribution is -2.26. The Bertz CT molecular complexity index is 865. The summed E-state index contributed by atoms with van der Waals surface area (Å²) in [6, 6.07) is 9.20. The summed E-state index contributed by atoms with van der Waals surface area (Å²) in [6.07, 6.45) is 1.46. The van der Waals surface area contributed by atoms with E-state index in [0.717, 1.165) is 9.04 Å². The van der Waals surface area contributed by atoms with Gasteiger partial charge < -0.3 is 9.84 Å². The van der Waals surface area contributed by atoms with Crippen LogP contribution in [0.25, 0.3) is 0 Å². The number of nitrogens with zero attached hydrogens (tertiary/aromatic N) is 3. The fourth-order valence-electron chi connectivity index (χ4n) is 2.18. The van der Waals surface area contributed by atoms with E-state index in [0.29, 0.717) is 16.8 Å². The van der Waals surface area contributed by atoms with Gasteiger partial charge in [0.1, 0.15) is 11.6 Å². The molecule has 0 unspecified atom stereocenters. The molecule has 2 rings (SSSR count). The Morgan fingerprint density at radius 1 is 1.42 bits per heavy atom. The van der Waals surface area contributed by atoms with Crippen LogP contribution in [0.3, 0.4) is 0 Å². The SMILES string of the molecule is COCCn1c(O)c(C=Nc2ccc(Br)cc2)c(C)c(C#N)c1=O. The van der Waals surface area contributed by atoms with Gasteiger partial charge in [0.05, 0.1) is 24.4 Å². The zero-order valence-corrected chi connectivity index (χ0v) is 14.9. The van der Waals surface area contributed by atoms with Gasteiger partial charge in [-0.15, -0.1) is 0 Å². The van der Waals surface area contributed by atoms with Gasteiger partial charge in [0.25, 0.3) is 5.56 Å². The van der Waals surface area contributed by atoms with Crippen molar-refractivity contribution < 1.29 is 9.84 Å². The van der Waals surface area contributed by atoms with E-state index in [1.165, 1.54) is 13.3 Å². The first-order chi connectivity index (χ1) is 11.5. The van der Waals surface area contributed by atoms with E-state index in [1.807, 2.05) is 18.2 Å². The van der Waals surface area contributed by atoms with Crippen molar-refractivity contribution in [3.63, 3.8) is 0 Å². The molecule has 0 aliphatic rings. The Morgan fingerprint density at radius 2 is 2.08 bits per heavy atom. The predicted octanol–water partition coefficient (Wildman–Crippen LogP) is 2.89. The Kier molecular flexibility index (Phi) is 5.90. The van der Waals surface area contributed by atoms with Gasteiger partial charge in [0.2, 0.25) is 5.88 Å². The molecule has 0 amide bonds. The van der Waals surface area contributed by atoms with Gasteiger partial charge in [-0.05, 0) is 36.8 Å². The molecule has 0 aliphatic heterocycles. The molecule has 0 radical (unpaired) electrons. The van der Waals surface area contributed by atoms with Crippen LogP contribution < -0.4 is 5.56 Å². The third-order valence-electron chi connectivity index (χ3n) is 3.53. The molecule has 2 aromatic rings. The molecule has 24 heavy (non-hydrogen) atoms. The van der Waals surface area contributed by atoms with Gasteiger partial charge >= 0.3 is 0 Å². The number of aromatic nitrogens is 1. The van der Waals surface area contributed by atoms with Crippen LogP contribution in [0.4, 0.5) is 5.69 Å². The average Bonchev–Trinajstić information content (AvgIpc) is 2.57.